The molecule has 0 fully saturated rings. The molecule has 0 saturated heterocycles. The number of nitrogens with two attached hydrogens (primary N) is 4. The first-order valence-corrected chi connectivity index (χ1v) is 8.79. The van der Waals surface area contributed by atoms with Crippen molar-refractivity contribution in [3.05, 3.63) is 0 Å². The van der Waals surface area contributed by atoms with Gasteiger partial charge in [0.2, 0.25) is 0 Å². The molecule has 10 N–H and O–H groups in total. The van der Waals surface area contributed by atoms with Gasteiger partial charge in [-0.2, -0.15) is 8.42 Å². The van der Waals surface area contributed by atoms with E-state index < -0.39 is 34.4 Å². The van der Waals surface area contributed by atoms with Gasteiger partial charge >= 0.3 is 22.3 Å². The highest BCUT2D eigenvalue weighted by atomic mass is 32.3. The molecule has 0 aromatic carbocycles. The van der Waals surface area contributed by atoms with Gasteiger partial charge in [0, 0.05) is 0 Å². The van der Waals surface area contributed by atoms with Crippen molar-refractivity contribution in [2.24, 2.45) is 22.9 Å². The smallest absolute Gasteiger partial charge is 0.391 e. The molecule has 0 aliphatic carbocycles. The van der Waals surface area contributed by atoms with Crippen LogP contribution in [0.1, 0.15) is 38.5 Å². The first kappa shape index (κ1) is 25.1. The molecule has 0 aromatic rings. The molecular weight excluding hydrogens is 344 g/mol. The molecule has 0 radical (unpaired) electrons. The zero-order chi connectivity index (χ0) is 19.2. The number of ether oxygens (including phenoxy) is 1. The Bertz CT molecular complexity index is 424. The number of unbranched alkanes of at least 4 members (excludes halogenated alkanes) is 2. The van der Waals surface area contributed by atoms with Gasteiger partial charge in [-0.3, -0.25) is 9.11 Å². The Morgan fingerprint density at radius 3 is 1.38 bits per heavy atom. The molecule has 0 spiro atoms. The zero-order valence-corrected chi connectivity index (χ0v) is 14.3. The monoisotopic (exact) mass is 372 g/mol. The number of carbonyl (C=O) groups is 2. The lowest BCUT2D eigenvalue weighted by molar-refractivity contribution is -0.161. The summed E-state index contributed by atoms with van der Waals surface area (Å²) in [6, 6.07) is -1.60. The van der Waals surface area contributed by atoms with Crippen LogP contribution in [-0.2, 0) is 24.7 Å². The van der Waals surface area contributed by atoms with Crippen molar-refractivity contribution in [1.82, 2.24) is 0 Å². The van der Waals surface area contributed by atoms with Gasteiger partial charge in [0.1, 0.15) is 12.1 Å². The fourth-order valence-electron chi connectivity index (χ4n) is 1.50. The van der Waals surface area contributed by atoms with Crippen LogP contribution in [0.2, 0.25) is 0 Å². The Balaban J connectivity index is 0. The third-order valence-corrected chi connectivity index (χ3v) is 2.75. The molecule has 0 bridgehead atoms. The van der Waals surface area contributed by atoms with Gasteiger partial charge in [-0.1, -0.05) is 12.8 Å². The molecule has 12 heteroatoms. The van der Waals surface area contributed by atoms with Gasteiger partial charge in [0.15, 0.2) is 0 Å². The van der Waals surface area contributed by atoms with Crippen LogP contribution in [0, 0.1) is 0 Å². The van der Waals surface area contributed by atoms with Crippen LogP contribution >= 0.6 is 0 Å². The summed E-state index contributed by atoms with van der Waals surface area (Å²) in [5.74, 6) is -1.45. The standard InChI is InChI=1S/C12H26N4O3.H2O4S/c13-7-3-1-5-9(15)11(17)19-12(18)10(16)6-2-4-8-14;1-5(2,3)4/h9-10H,1-8,13-16H2;(H2,1,2,3,4)/t9-,10-;/m0./s1. The minimum Gasteiger partial charge on any atom is -0.391 e. The fraction of sp³-hybridized carbons (Fsp3) is 0.833. The molecule has 0 saturated carbocycles. The SMILES string of the molecule is NCCCC[C@H](N)C(=O)OC(=O)[C@@H](N)CCCCN.O=S(=O)(O)O. The molecule has 0 aromatic heterocycles. The summed E-state index contributed by atoms with van der Waals surface area (Å²) in [4.78, 5) is 23.0. The fourth-order valence-corrected chi connectivity index (χ4v) is 1.50. The molecular formula is C12H28N4O7S. The minimum atomic E-state index is -4.67. The van der Waals surface area contributed by atoms with Crippen molar-refractivity contribution in [2.75, 3.05) is 13.1 Å². The average molecular weight is 372 g/mol. The first-order chi connectivity index (χ1) is 11.0. The molecule has 0 aliphatic rings. The number of rotatable bonds is 10. The van der Waals surface area contributed by atoms with Crippen molar-refractivity contribution < 1.29 is 31.8 Å². The van der Waals surface area contributed by atoms with Crippen LogP contribution in [0.4, 0.5) is 0 Å². The van der Waals surface area contributed by atoms with Gasteiger partial charge in [-0.25, -0.2) is 9.59 Å². The van der Waals surface area contributed by atoms with Crippen molar-refractivity contribution in [3.8, 4) is 0 Å². The molecule has 11 nitrogen and oxygen atoms in total. The Morgan fingerprint density at radius 1 is 0.833 bits per heavy atom. The minimum absolute atomic E-state index is 0.450. The lowest BCUT2D eigenvalue weighted by atomic mass is 10.1. The maximum absolute atomic E-state index is 11.5. The van der Waals surface area contributed by atoms with E-state index in [1.807, 2.05) is 0 Å². The Morgan fingerprint density at radius 2 is 1.12 bits per heavy atom. The first-order valence-electron chi connectivity index (χ1n) is 7.39. The third kappa shape index (κ3) is 18.9. The molecule has 0 unspecified atom stereocenters. The summed E-state index contributed by atoms with van der Waals surface area (Å²) in [7, 11) is -4.67. The number of esters is 2. The second-order valence-corrected chi connectivity index (χ2v) is 5.87. The summed E-state index contributed by atoms with van der Waals surface area (Å²) in [5, 5.41) is 0. The van der Waals surface area contributed by atoms with E-state index in [0.29, 0.717) is 25.9 Å². The Kier molecular flexibility index (Phi) is 14.9. The van der Waals surface area contributed by atoms with Gasteiger partial charge < -0.3 is 27.7 Å². The lowest BCUT2D eigenvalue weighted by Crippen LogP contribution is -2.39. The summed E-state index contributed by atoms with van der Waals surface area (Å²) < 4.78 is 36.2. The second-order valence-electron chi connectivity index (χ2n) is 4.97. The van der Waals surface area contributed by atoms with Crippen molar-refractivity contribution in [3.63, 3.8) is 0 Å². The molecule has 144 valence electrons. The highest BCUT2D eigenvalue weighted by Gasteiger charge is 2.22. The quantitative estimate of drug-likeness (QED) is 0.110. The van der Waals surface area contributed by atoms with E-state index in [4.69, 9.17) is 40.5 Å². The maximum Gasteiger partial charge on any atom is 0.394 e. The van der Waals surface area contributed by atoms with Crippen molar-refractivity contribution in [2.45, 2.75) is 50.6 Å². The van der Waals surface area contributed by atoms with Crippen molar-refractivity contribution in [1.29, 1.82) is 0 Å². The Hall–Kier alpha value is -1.15. The van der Waals surface area contributed by atoms with Crippen LogP contribution in [0.15, 0.2) is 0 Å². The topological polar surface area (TPSA) is 222 Å². The van der Waals surface area contributed by atoms with E-state index in [1.165, 1.54) is 0 Å². The zero-order valence-electron chi connectivity index (χ0n) is 13.5. The van der Waals surface area contributed by atoms with E-state index in [0.717, 1.165) is 25.7 Å². The summed E-state index contributed by atoms with van der Waals surface area (Å²) in [5.41, 5.74) is 21.9. The van der Waals surface area contributed by atoms with E-state index >= 15 is 0 Å². The number of carbonyl (C=O) groups excluding carboxylic acids is 2. The average Bonchev–Trinajstić information content (AvgIpc) is 2.45. The van der Waals surface area contributed by atoms with Crippen LogP contribution in [-0.4, -0.2) is 54.6 Å². The largest absolute Gasteiger partial charge is 0.394 e. The van der Waals surface area contributed by atoms with Gasteiger partial charge in [-0.05, 0) is 38.8 Å². The number of hydrogen-bond acceptors (Lipinski definition) is 9. The molecule has 0 aliphatic heterocycles. The molecule has 0 rings (SSSR count). The number of hydrogen-bond donors (Lipinski definition) is 6. The Labute approximate surface area is 141 Å². The highest BCUT2D eigenvalue weighted by molar-refractivity contribution is 7.79. The van der Waals surface area contributed by atoms with E-state index in [-0.39, 0.29) is 0 Å². The highest BCUT2D eigenvalue weighted by Crippen LogP contribution is 2.03. The maximum atomic E-state index is 11.5. The van der Waals surface area contributed by atoms with E-state index in [2.05, 4.69) is 4.74 Å². The molecule has 0 amide bonds. The summed E-state index contributed by atoms with van der Waals surface area (Å²) in [6.07, 6.45) is 3.92. The molecule has 0 heterocycles. The predicted molar refractivity (Wildman–Crippen MR) is 87.0 cm³/mol. The summed E-state index contributed by atoms with van der Waals surface area (Å²) >= 11 is 0. The molecule has 2 atom stereocenters. The van der Waals surface area contributed by atoms with Gasteiger partial charge in [0.05, 0.1) is 0 Å². The van der Waals surface area contributed by atoms with Crippen LogP contribution < -0.4 is 22.9 Å². The van der Waals surface area contributed by atoms with Gasteiger partial charge in [0.25, 0.3) is 0 Å². The normalized spacial score (nSPS) is 13.4. The second kappa shape index (κ2) is 14.2. The summed E-state index contributed by atoms with van der Waals surface area (Å²) in [6.45, 7) is 1.10. The van der Waals surface area contributed by atoms with E-state index in [1.54, 1.807) is 0 Å². The van der Waals surface area contributed by atoms with Crippen LogP contribution in [0.25, 0.3) is 0 Å². The lowest BCUT2D eigenvalue weighted by Gasteiger charge is -2.13. The van der Waals surface area contributed by atoms with Gasteiger partial charge in [-0.15, -0.1) is 0 Å². The van der Waals surface area contributed by atoms with E-state index in [9.17, 15) is 9.59 Å². The van der Waals surface area contributed by atoms with Crippen LogP contribution in [0.3, 0.4) is 0 Å². The van der Waals surface area contributed by atoms with Crippen molar-refractivity contribution >= 4 is 22.3 Å². The predicted octanol–water partition coefficient (Wildman–Crippen LogP) is -1.68. The van der Waals surface area contributed by atoms with Crippen LogP contribution in [0.5, 0.6) is 0 Å². The third-order valence-electron chi connectivity index (χ3n) is 2.75. The molecule has 24 heavy (non-hydrogen) atoms.